The Bertz CT molecular complexity index is 422. The molecule has 5 heteroatoms. The van der Waals surface area contributed by atoms with Crippen molar-refractivity contribution in [2.45, 2.75) is 6.92 Å². The van der Waals surface area contributed by atoms with Gasteiger partial charge in [0.15, 0.2) is 0 Å². The van der Waals surface area contributed by atoms with Gasteiger partial charge < -0.3 is 0 Å². The second-order valence-corrected chi connectivity index (χ2v) is 5.60. The lowest BCUT2D eigenvalue weighted by Crippen LogP contribution is -2.27. The number of carbonyl (C=O) groups is 1. The zero-order chi connectivity index (χ0) is 10.8. The lowest BCUT2D eigenvalue weighted by molar-refractivity contribution is -0.121. The summed E-state index contributed by atoms with van der Waals surface area (Å²) in [5.74, 6) is 0.0286. The standard InChI is InChI=1S/C10H9NOS3/c1-2-11-9(12)8(15-10(11)13)6-7-4-3-5-14-7/h3-6H,2H2,1H3/b8-6+. The van der Waals surface area contributed by atoms with Crippen LogP contribution in [-0.2, 0) is 4.79 Å². The van der Waals surface area contributed by atoms with E-state index in [-0.39, 0.29) is 5.91 Å². The van der Waals surface area contributed by atoms with Gasteiger partial charge in [0, 0.05) is 11.4 Å². The zero-order valence-electron chi connectivity index (χ0n) is 8.10. The van der Waals surface area contributed by atoms with Crippen molar-refractivity contribution < 1.29 is 4.79 Å². The molecule has 1 amide bonds. The largest absolute Gasteiger partial charge is 0.293 e. The summed E-state index contributed by atoms with van der Waals surface area (Å²) in [7, 11) is 0. The van der Waals surface area contributed by atoms with Crippen molar-refractivity contribution in [2.75, 3.05) is 6.54 Å². The molecule has 0 saturated carbocycles. The van der Waals surface area contributed by atoms with Gasteiger partial charge in [0.2, 0.25) is 0 Å². The van der Waals surface area contributed by atoms with Crippen LogP contribution in [-0.4, -0.2) is 21.7 Å². The summed E-state index contributed by atoms with van der Waals surface area (Å²) in [6.07, 6.45) is 1.90. The molecule has 1 saturated heterocycles. The SMILES string of the molecule is CCN1C(=O)/C(=C\c2cccs2)SC1=S. The quantitative estimate of drug-likeness (QED) is 0.598. The van der Waals surface area contributed by atoms with E-state index in [2.05, 4.69) is 0 Å². The summed E-state index contributed by atoms with van der Waals surface area (Å²) in [6, 6.07) is 3.96. The maximum atomic E-state index is 11.8. The van der Waals surface area contributed by atoms with Gasteiger partial charge in [-0.1, -0.05) is 30.0 Å². The van der Waals surface area contributed by atoms with Gasteiger partial charge in [0.05, 0.1) is 4.91 Å². The number of hydrogen-bond donors (Lipinski definition) is 0. The van der Waals surface area contributed by atoms with Gasteiger partial charge >= 0.3 is 0 Å². The van der Waals surface area contributed by atoms with Gasteiger partial charge in [-0.25, -0.2) is 0 Å². The zero-order valence-corrected chi connectivity index (χ0v) is 10.5. The van der Waals surface area contributed by atoms with E-state index in [1.165, 1.54) is 11.8 Å². The highest BCUT2D eigenvalue weighted by Gasteiger charge is 2.30. The van der Waals surface area contributed by atoms with Crippen molar-refractivity contribution in [1.82, 2.24) is 4.90 Å². The molecule has 0 spiro atoms. The van der Waals surface area contributed by atoms with Gasteiger partial charge in [-0.2, -0.15) is 0 Å². The molecule has 1 aliphatic rings. The third-order valence-electron chi connectivity index (χ3n) is 2.01. The number of thiocarbonyl (C=S) groups is 1. The Hall–Kier alpha value is -0.650. The Morgan fingerprint density at radius 1 is 1.60 bits per heavy atom. The van der Waals surface area contributed by atoms with Crippen molar-refractivity contribution in [2.24, 2.45) is 0 Å². The third-order valence-corrected chi connectivity index (χ3v) is 4.20. The number of nitrogens with zero attached hydrogens (tertiary/aromatic N) is 1. The smallest absolute Gasteiger partial charge is 0.266 e. The molecule has 0 atom stereocenters. The van der Waals surface area contributed by atoms with E-state index in [9.17, 15) is 4.79 Å². The minimum absolute atomic E-state index is 0.0286. The Balaban J connectivity index is 2.26. The number of rotatable bonds is 2. The van der Waals surface area contributed by atoms with Gasteiger partial charge in [0.1, 0.15) is 4.32 Å². The first-order chi connectivity index (χ1) is 7.22. The first-order valence-electron chi connectivity index (χ1n) is 4.51. The average molecular weight is 255 g/mol. The molecule has 0 radical (unpaired) electrons. The van der Waals surface area contributed by atoms with Crippen molar-refractivity contribution >= 4 is 51.6 Å². The number of likely N-dealkylation sites (N-methyl/N-ethyl adjacent to an activating group) is 1. The summed E-state index contributed by atoms with van der Waals surface area (Å²) in [4.78, 5) is 15.3. The molecule has 1 aromatic heterocycles. The fourth-order valence-corrected chi connectivity index (χ4v) is 3.38. The third kappa shape index (κ3) is 2.14. The molecule has 1 fully saturated rings. The van der Waals surface area contributed by atoms with Crippen molar-refractivity contribution in [3.05, 3.63) is 27.3 Å². The number of amides is 1. The van der Waals surface area contributed by atoms with Crippen LogP contribution in [0.25, 0.3) is 6.08 Å². The van der Waals surface area contributed by atoms with Crippen molar-refractivity contribution in [1.29, 1.82) is 0 Å². The summed E-state index contributed by atoms with van der Waals surface area (Å²) in [5, 5.41) is 1.99. The number of thiophene rings is 1. The van der Waals surface area contributed by atoms with Crippen molar-refractivity contribution in [3.63, 3.8) is 0 Å². The second kappa shape index (κ2) is 4.47. The minimum Gasteiger partial charge on any atom is -0.293 e. The number of hydrogen-bond acceptors (Lipinski definition) is 4. The summed E-state index contributed by atoms with van der Waals surface area (Å²) in [6.45, 7) is 2.57. The van der Waals surface area contributed by atoms with E-state index in [0.29, 0.717) is 10.9 Å². The van der Waals surface area contributed by atoms with E-state index in [1.54, 1.807) is 16.2 Å². The van der Waals surface area contributed by atoms with Crippen LogP contribution >= 0.6 is 35.3 Å². The predicted octanol–water partition coefficient (Wildman–Crippen LogP) is 2.97. The highest BCUT2D eigenvalue weighted by molar-refractivity contribution is 8.26. The van der Waals surface area contributed by atoms with E-state index in [1.807, 2.05) is 30.5 Å². The molecule has 78 valence electrons. The molecule has 2 heterocycles. The van der Waals surface area contributed by atoms with Crippen LogP contribution in [0, 0.1) is 0 Å². The van der Waals surface area contributed by atoms with E-state index in [0.717, 1.165) is 9.78 Å². The van der Waals surface area contributed by atoms with E-state index in [4.69, 9.17) is 12.2 Å². The molecule has 0 aromatic carbocycles. The van der Waals surface area contributed by atoms with Crippen LogP contribution in [0.2, 0.25) is 0 Å². The van der Waals surface area contributed by atoms with E-state index >= 15 is 0 Å². The molecule has 2 nitrogen and oxygen atoms in total. The van der Waals surface area contributed by atoms with Gasteiger partial charge in [0.25, 0.3) is 5.91 Å². The molecule has 0 aliphatic carbocycles. The Labute approximate surface area is 102 Å². The fourth-order valence-electron chi connectivity index (χ4n) is 1.28. The molecule has 15 heavy (non-hydrogen) atoms. The second-order valence-electron chi connectivity index (χ2n) is 2.94. The molecule has 1 aromatic rings. The van der Waals surface area contributed by atoms with Crippen LogP contribution in [0.15, 0.2) is 22.4 Å². The van der Waals surface area contributed by atoms with Gasteiger partial charge in [-0.15, -0.1) is 11.3 Å². The molecule has 1 aliphatic heterocycles. The Morgan fingerprint density at radius 3 is 2.93 bits per heavy atom. The highest BCUT2D eigenvalue weighted by atomic mass is 32.2. The van der Waals surface area contributed by atoms with Crippen molar-refractivity contribution in [3.8, 4) is 0 Å². The summed E-state index contributed by atoms with van der Waals surface area (Å²) < 4.78 is 0.658. The maximum Gasteiger partial charge on any atom is 0.266 e. The van der Waals surface area contributed by atoms with Gasteiger partial charge in [-0.05, 0) is 24.4 Å². The Morgan fingerprint density at radius 2 is 2.40 bits per heavy atom. The average Bonchev–Trinajstić information content (AvgIpc) is 2.78. The molecule has 0 unspecified atom stereocenters. The number of carbonyl (C=O) groups excluding carboxylic acids is 1. The summed E-state index contributed by atoms with van der Waals surface area (Å²) in [5.41, 5.74) is 0. The van der Waals surface area contributed by atoms with Crippen LogP contribution in [0.3, 0.4) is 0 Å². The first kappa shape index (κ1) is 10.9. The van der Waals surface area contributed by atoms with Crippen LogP contribution in [0.4, 0.5) is 0 Å². The highest BCUT2D eigenvalue weighted by Crippen LogP contribution is 2.32. The first-order valence-corrected chi connectivity index (χ1v) is 6.61. The molecule has 0 N–H and O–H groups in total. The molecule has 0 bridgehead atoms. The topological polar surface area (TPSA) is 20.3 Å². The molecular formula is C10H9NOS3. The number of thioether (sulfide) groups is 1. The molecule has 2 rings (SSSR count). The maximum absolute atomic E-state index is 11.8. The van der Waals surface area contributed by atoms with Gasteiger partial charge in [-0.3, -0.25) is 9.69 Å². The lowest BCUT2D eigenvalue weighted by Gasteiger charge is -2.09. The van der Waals surface area contributed by atoms with Crippen LogP contribution in [0.1, 0.15) is 11.8 Å². The van der Waals surface area contributed by atoms with E-state index < -0.39 is 0 Å². The Kier molecular flexibility index (Phi) is 3.23. The fraction of sp³-hybridized carbons (Fsp3) is 0.200. The summed E-state index contributed by atoms with van der Waals surface area (Å²) >= 11 is 8.12. The van der Waals surface area contributed by atoms with Crippen LogP contribution in [0.5, 0.6) is 0 Å². The lowest BCUT2D eigenvalue weighted by atomic mass is 10.4. The monoisotopic (exact) mass is 255 g/mol. The van der Waals surface area contributed by atoms with Crippen LogP contribution < -0.4 is 0 Å². The predicted molar refractivity (Wildman–Crippen MR) is 69.9 cm³/mol. The molecular weight excluding hydrogens is 246 g/mol. The normalized spacial score (nSPS) is 19.3. The minimum atomic E-state index is 0.0286.